The average Bonchev–Trinajstić information content (AvgIpc) is 2.48. The van der Waals surface area contributed by atoms with Crippen LogP contribution in [0, 0.1) is 0 Å². The number of carbonyl (C=O) groups is 1. The second-order valence-electron chi connectivity index (χ2n) is 4.88. The number of primary sulfonamides is 1. The molecule has 0 atom stereocenters. The Kier molecular flexibility index (Phi) is 7.98. The summed E-state index contributed by atoms with van der Waals surface area (Å²) in [6, 6.07) is 11.8. The van der Waals surface area contributed by atoms with E-state index >= 15 is 0 Å². The Balaban J connectivity index is 0.00000288. The van der Waals surface area contributed by atoms with Crippen LogP contribution in [0.15, 0.2) is 52.3 Å². The number of thioether (sulfide) groups is 1. The van der Waals surface area contributed by atoms with Crippen LogP contribution in [0.4, 0.5) is 0 Å². The van der Waals surface area contributed by atoms with Gasteiger partial charge in [-0.05, 0) is 41.0 Å². The molecule has 2 aromatic rings. The van der Waals surface area contributed by atoms with Crippen LogP contribution in [-0.4, -0.2) is 20.1 Å². The summed E-state index contributed by atoms with van der Waals surface area (Å²) < 4.78 is 23.9. The minimum Gasteiger partial charge on any atom is -0.545 e. The van der Waals surface area contributed by atoms with Crippen LogP contribution in [0.25, 0.3) is 0 Å². The molecule has 24 heavy (non-hydrogen) atoms. The van der Waals surface area contributed by atoms with Crippen molar-refractivity contribution in [1.29, 1.82) is 0 Å². The van der Waals surface area contributed by atoms with E-state index in [2.05, 4.69) is 0 Å². The standard InChI is InChI=1S/C16H17NO4S2.Na/c1-2-22-14-9-12(16(18)19)10-15(23(17,20)21)13(14)8-11-6-4-3-5-7-11;/h3-7,9-10H,2,8H2,1H3,(H,18,19)(H2,17,20,21);/q;+1/p-1. The van der Waals surface area contributed by atoms with E-state index in [4.69, 9.17) is 5.14 Å². The maximum Gasteiger partial charge on any atom is 1.00 e. The van der Waals surface area contributed by atoms with Crippen LogP contribution in [0.1, 0.15) is 28.4 Å². The maximum absolute atomic E-state index is 11.9. The van der Waals surface area contributed by atoms with Crippen LogP contribution in [-0.2, 0) is 16.4 Å². The van der Waals surface area contributed by atoms with Gasteiger partial charge in [-0.1, -0.05) is 37.3 Å². The van der Waals surface area contributed by atoms with Gasteiger partial charge in [0.25, 0.3) is 0 Å². The van der Waals surface area contributed by atoms with Crippen LogP contribution in [0.3, 0.4) is 0 Å². The van der Waals surface area contributed by atoms with E-state index in [1.54, 1.807) is 0 Å². The fourth-order valence-corrected chi connectivity index (χ4v) is 4.01. The third-order valence-electron chi connectivity index (χ3n) is 3.23. The third kappa shape index (κ3) is 5.34. The fraction of sp³-hybridized carbons (Fsp3) is 0.188. The molecule has 0 bridgehead atoms. The van der Waals surface area contributed by atoms with Crippen molar-refractivity contribution in [1.82, 2.24) is 0 Å². The number of hydrogen-bond acceptors (Lipinski definition) is 5. The van der Waals surface area contributed by atoms with Crippen molar-refractivity contribution in [2.75, 3.05) is 5.75 Å². The minimum absolute atomic E-state index is 0. The molecule has 2 rings (SSSR count). The first-order valence-electron chi connectivity index (χ1n) is 6.90. The van der Waals surface area contributed by atoms with Gasteiger partial charge in [-0.25, -0.2) is 13.6 Å². The minimum atomic E-state index is -4.05. The Morgan fingerprint density at radius 1 is 1.21 bits per heavy atom. The number of benzene rings is 2. The summed E-state index contributed by atoms with van der Waals surface area (Å²) in [5.41, 5.74) is 1.23. The van der Waals surface area contributed by atoms with E-state index in [1.807, 2.05) is 37.3 Å². The molecule has 0 heterocycles. The zero-order valence-electron chi connectivity index (χ0n) is 13.5. The van der Waals surface area contributed by atoms with E-state index in [1.165, 1.54) is 17.8 Å². The molecule has 0 saturated carbocycles. The molecular formula is C16H16NNaO4S2. The van der Waals surface area contributed by atoms with Gasteiger partial charge < -0.3 is 9.90 Å². The summed E-state index contributed by atoms with van der Waals surface area (Å²) in [5.74, 6) is -0.762. The smallest absolute Gasteiger partial charge is 0.545 e. The summed E-state index contributed by atoms with van der Waals surface area (Å²) in [5, 5.41) is 16.4. The van der Waals surface area contributed by atoms with E-state index in [-0.39, 0.29) is 40.0 Å². The zero-order valence-corrected chi connectivity index (χ0v) is 17.1. The van der Waals surface area contributed by atoms with Crippen molar-refractivity contribution in [3.8, 4) is 0 Å². The van der Waals surface area contributed by atoms with Gasteiger partial charge in [0, 0.05) is 4.90 Å². The molecule has 0 fully saturated rings. The third-order valence-corrected chi connectivity index (χ3v) is 5.18. The van der Waals surface area contributed by atoms with Crippen molar-refractivity contribution in [3.63, 3.8) is 0 Å². The monoisotopic (exact) mass is 373 g/mol. The molecule has 0 radical (unpaired) electrons. The summed E-state index contributed by atoms with van der Waals surface area (Å²) >= 11 is 1.37. The first kappa shape index (κ1) is 21.2. The number of hydrogen-bond donors (Lipinski definition) is 1. The predicted octanol–water partition coefficient (Wildman–Crippen LogP) is -1.60. The molecule has 5 nitrogen and oxygen atoms in total. The predicted molar refractivity (Wildman–Crippen MR) is 87.8 cm³/mol. The van der Waals surface area contributed by atoms with Crippen molar-refractivity contribution >= 4 is 27.8 Å². The Hall–Kier alpha value is -0.830. The Morgan fingerprint density at radius 2 is 1.83 bits per heavy atom. The second kappa shape index (κ2) is 9.03. The molecule has 0 unspecified atom stereocenters. The molecule has 8 heteroatoms. The number of sulfonamides is 1. The largest absolute Gasteiger partial charge is 1.00 e. The van der Waals surface area contributed by atoms with Crippen molar-refractivity contribution in [3.05, 3.63) is 59.2 Å². The van der Waals surface area contributed by atoms with Gasteiger partial charge in [0.1, 0.15) is 0 Å². The Labute approximate surface area is 168 Å². The van der Waals surface area contributed by atoms with Crippen molar-refractivity contribution in [2.24, 2.45) is 5.14 Å². The second-order valence-corrected chi connectivity index (χ2v) is 7.71. The molecule has 0 aromatic heterocycles. The van der Waals surface area contributed by atoms with Gasteiger partial charge in [0.05, 0.1) is 10.9 Å². The number of aromatic carboxylic acids is 1. The van der Waals surface area contributed by atoms with Gasteiger partial charge >= 0.3 is 29.6 Å². The Bertz CT molecular complexity index is 823. The van der Waals surface area contributed by atoms with E-state index in [9.17, 15) is 18.3 Å². The number of carboxylic acid groups (broad SMARTS) is 1. The number of carboxylic acids is 1. The quantitative estimate of drug-likeness (QED) is 0.486. The normalized spacial score (nSPS) is 10.9. The molecular weight excluding hydrogens is 357 g/mol. The summed E-state index contributed by atoms with van der Waals surface area (Å²) in [6.45, 7) is 1.90. The summed E-state index contributed by atoms with van der Waals surface area (Å²) in [7, 11) is -4.05. The summed E-state index contributed by atoms with van der Waals surface area (Å²) in [4.78, 5) is 11.6. The van der Waals surface area contributed by atoms with E-state index in [0.717, 1.165) is 11.6 Å². The number of rotatable bonds is 6. The molecule has 2 N–H and O–H groups in total. The first-order chi connectivity index (χ1) is 10.8. The topological polar surface area (TPSA) is 100 Å². The average molecular weight is 373 g/mol. The molecule has 0 aliphatic heterocycles. The molecule has 122 valence electrons. The molecule has 0 amide bonds. The molecule has 0 aliphatic rings. The molecule has 0 aliphatic carbocycles. The SMILES string of the molecule is CCSc1cc(C(=O)[O-])cc(S(N)(=O)=O)c1Cc1ccccc1.[Na+]. The summed E-state index contributed by atoms with van der Waals surface area (Å²) in [6.07, 6.45) is 0.349. The number of carbonyl (C=O) groups excluding carboxylic acids is 1. The zero-order chi connectivity index (χ0) is 17.0. The Morgan fingerprint density at radius 3 is 2.33 bits per heavy atom. The van der Waals surface area contributed by atoms with E-state index in [0.29, 0.717) is 22.6 Å². The van der Waals surface area contributed by atoms with Gasteiger partial charge in [0.2, 0.25) is 10.0 Å². The molecule has 2 aromatic carbocycles. The van der Waals surface area contributed by atoms with Crippen LogP contribution < -0.4 is 39.8 Å². The fourth-order valence-electron chi connectivity index (χ4n) is 2.25. The molecule has 0 saturated heterocycles. The molecule has 0 spiro atoms. The van der Waals surface area contributed by atoms with Gasteiger partial charge in [-0.15, -0.1) is 11.8 Å². The maximum atomic E-state index is 11.9. The van der Waals surface area contributed by atoms with Gasteiger partial charge in [-0.3, -0.25) is 0 Å². The van der Waals surface area contributed by atoms with E-state index < -0.39 is 16.0 Å². The van der Waals surface area contributed by atoms with Crippen LogP contribution >= 0.6 is 11.8 Å². The van der Waals surface area contributed by atoms with Crippen molar-refractivity contribution in [2.45, 2.75) is 23.1 Å². The van der Waals surface area contributed by atoms with Crippen LogP contribution in [0.2, 0.25) is 0 Å². The van der Waals surface area contributed by atoms with Gasteiger partial charge in [0.15, 0.2) is 0 Å². The van der Waals surface area contributed by atoms with Gasteiger partial charge in [-0.2, -0.15) is 0 Å². The number of nitrogens with two attached hydrogens (primary N) is 1. The van der Waals surface area contributed by atoms with Crippen LogP contribution in [0.5, 0.6) is 0 Å². The van der Waals surface area contributed by atoms with Crippen molar-refractivity contribution < 1.29 is 47.9 Å². The first-order valence-corrected chi connectivity index (χ1v) is 9.44.